The smallest absolute Gasteiger partial charge is 0.180 e. The van der Waals surface area contributed by atoms with Crippen LogP contribution in [0.25, 0.3) is 0 Å². The lowest BCUT2D eigenvalue weighted by Crippen LogP contribution is -2.40. The van der Waals surface area contributed by atoms with Crippen LogP contribution >= 0.6 is 0 Å². The zero-order valence-electron chi connectivity index (χ0n) is 8.21. The van der Waals surface area contributed by atoms with Crippen molar-refractivity contribution in [1.82, 2.24) is 5.32 Å². The van der Waals surface area contributed by atoms with E-state index in [0.717, 1.165) is 0 Å². The molecule has 1 aliphatic rings. The molecule has 1 unspecified atom stereocenters. The summed E-state index contributed by atoms with van der Waals surface area (Å²) in [6.45, 7) is 7.64. The summed E-state index contributed by atoms with van der Waals surface area (Å²) in [5.74, 6) is 0.664. The number of hydrogen-bond acceptors (Lipinski definition) is 4. The van der Waals surface area contributed by atoms with Crippen molar-refractivity contribution in [3.8, 4) is 0 Å². The monoisotopic (exact) mass is 187 g/mol. The lowest BCUT2D eigenvalue weighted by Gasteiger charge is -2.23. The molecule has 76 valence electrons. The topological polar surface area (TPSA) is 39.7 Å². The molecule has 0 aromatic carbocycles. The molecular formula is C9H17NO3. The van der Waals surface area contributed by atoms with E-state index in [-0.39, 0.29) is 12.3 Å². The van der Waals surface area contributed by atoms with Gasteiger partial charge in [-0.05, 0) is 14.0 Å². The molecule has 1 saturated heterocycles. The lowest BCUT2D eigenvalue weighted by atomic mass is 10.2. The van der Waals surface area contributed by atoms with Crippen molar-refractivity contribution in [2.45, 2.75) is 19.3 Å². The van der Waals surface area contributed by atoms with Gasteiger partial charge in [0, 0.05) is 0 Å². The second kappa shape index (κ2) is 5.21. The highest BCUT2D eigenvalue weighted by atomic mass is 16.7. The van der Waals surface area contributed by atoms with Gasteiger partial charge in [-0.3, -0.25) is 0 Å². The highest BCUT2D eigenvalue weighted by Gasteiger charge is 2.28. The van der Waals surface area contributed by atoms with Crippen molar-refractivity contribution < 1.29 is 14.2 Å². The minimum atomic E-state index is -0.260. The van der Waals surface area contributed by atoms with E-state index in [2.05, 4.69) is 11.9 Å². The number of rotatable bonds is 5. The first-order chi connectivity index (χ1) is 6.29. The van der Waals surface area contributed by atoms with Crippen LogP contribution in [0.1, 0.15) is 6.92 Å². The number of nitrogens with one attached hydrogen (secondary N) is 1. The van der Waals surface area contributed by atoms with Crippen molar-refractivity contribution in [1.29, 1.82) is 0 Å². The molecule has 4 heteroatoms. The zero-order chi connectivity index (χ0) is 9.68. The SMILES string of the molecule is C=C(OCC)C(NC)C1OCCO1. The second-order valence-electron chi connectivity index (χ2n) is 2.78. The molecule has 1 atom stereocenters. The molecule has 13 heavy (non-hydrogen) atoms. The summed E-state index contributed by atoms with van der Waals surface area (Å²) in [5.41, 5.74) is 0. The molecule has 0 aliphatic carbocycles. The summed E-state index contributed by atoms with van der Waals surface area (Å²) in [6, 6.07) is -0.0811. The number of hydrogen-bond donors (Lipinski definition) is 1. The maximum atomic E-state index is 5.35. The largest absolute Gasteiger partial charge is 0.497 e. The molecule has 1 N–H and O–H groups in total. The van der Waals surface area contributed by atoms with E-state index in [4.69, 9.17) is 14.2 Å². The van der Waals surface area contributed by atoms with Crippen molar-refractivity contribution in [3.63, 3.8) is 0 Å². The van der Waals surface area contributed by atoms with E-state index in [1.165, 1.54) is 0 Å². The molecule has 0 aromatic rings. The third kappa shape index (κ3) is 2.69. The standard InChI is InChI=1S/C9H17NO3/c1-4-11-7(2)8(10-3)9-12-5-6-13-9/h8-10H,2,4-6H2,1,3H3. The summed E-state index contributed by atoms with van der Waals surface area (Å²) >= 11 is 0. The highest BCUT2D eigenvalue weighted by molar-refractivity contribution is 4.99. The van der Waals surface area contributed by atoms with Gasteiger partial charge in [0.05, 0.1) is 19.8 Å². The molecule has 0 aromatic heterocycles. The van der Waals surface area contributed by atoms with E-state index in [0.29, 0.717) is 25.6 Å². The fourth-order valence-corrected chi connectivity index (χ4v) is 1.29. The van der Waals surface area contributed by atoms with Gasteiger partial charge in [0.25, 0.3) is 0 Å². The first-order valence-electron chi connectivity index (χ1n) is 4.51. The Morgan fingerprint density at radius 3 is 2.69 bits per heavy atom. The van der Waals surface area contributed by atoms with Gasteiger partial charge >= 0.3 is 0 Å². The van der Waals surface area contributed by atoms with Gasteiger partial charge in [-0.15, -0.1) is 0 Å². The van der Waals surface area contributed by atoms with E-state index < -0.39 is 0 Å². The highest BCUT2D eigenvalue weighted by Crippen LogP contribution is 2.14. The molecule has 1 rings (SSSR count). The Balaban J connectivity index is 2.44. The Labute approximate surface area is 78.9 Å². The summed E-state index contributed by atoms with van der Waals surface area (Å²) in [4.78, 5) is 0. The third-order valence-electron chi connectivity index (χ3n) is 1.91. The summed E-state index contributed by atoms with van der Waals surface area (Å²) < 4.78 is 16.0. The quantitative estimate of drug-likeness (QED) is 0.636. The van der Waals surface area contributed by atoms with Crippen LogP contribution in [0.2, 0.25) is 0 Å². The predicted molar refractivity (Wildman–Crippen MR) is 49.3 cm³/mol. The Kier molecular flexibility index (Phi) is 4.21. The first-order valence-corrected chi connectivity index (χ1v) is 4.51. The van der Waals surface area contributed by atoms with Gasteiger partial charge in [-0.25, -0.2) is 0 Å². The molecule has 0 radical (unpaired) electrons. The average molecular weight is 187 g/mol. The molecular weight excluding hydrogens is 170 g/mol. The number of likely N-dealkylation sites (N-methyl/N-ethyl adjacent to an activating group) is 1. The van der Waals surface area contributed by atoms with Crippen molar-refractivity contribution in [2.24, 2.45) is 0 Å². The summed E-state index contributed by atoms with van der Waals surface area (Å²) in [7, 11) is 1.83. The number of ether oxygens (including phenoxy) is 3. The van der Waals surface area contributed by atoms with E-state index in [9.17, 15) is 0 Å². The van der Waals surface area contributed by atoms with Crippen LogP contribution in [-0.2, 0) is 14.2 Å². The van der Waals surface area contributed by atoms with Crippen LogP contribution in [0.4, 0.5) is 0 Å². The maximum Gasteiger partial charge on any atom is 0.180 e. The third-order valence-corrected chi connectivity index (χ3v) is 1.91. The van der Waals surface area contributed by atoms with E-state index >= 15 is 0 Å². The lowest BCUT2D eigenvalue weighted by molar-refractivity contribution is -0.0677. The molecule has 0 saturated carbocycles. The molecule has 4 nitrogen and oxygen atoms in total. The van der Waals surface area contributed by atoms with E-state index in [1.807, 2.05) is 14.0 Å². The fourth-order valence-electron chi connectivity index (χ4n) is 1.29. The fraction of sp³-hybridized carbons (Fsp3) is 0.778. The molecule has 1 heterocycles. The van der Waals surface area contributed by atoms with Gasteiger partial charge in [0.15, 0.2) is 6.29 Å². The van der Waals surface area contributed by atoms with Crippen LogP contribution in [0, 0.1) is 0 Å². The van der Waals surface area contributed by atoms with Crippen LogP contribution in [0.15, 0.2) is 12.3 Å². The second-order valence-corrected chi connectivity index (χ2v) is 2.78. The van der Waals surface area contributed by atoms with Gasteiger partial charge in [0.2, 0.25) is 0 Å². The minimum absolute atomic E-state index is 0.0811. The normalized spacial score (nSPS) is 20.2. The van der Waals surface area contributed by atoms with Gasteiger partial charge < -0.3 is 19.5 Å². The molecule has 1 aliphatic heterocycles. The van der Waals surface area contributed by atoms with Crippen LogP contribution in [-0.4, -0.2) is 39.2 Å². The maximum absolute atomic E-state index is 5.35. The Hall–Kier alpha value is -0.580. The van der Waals surface area contributed by atoms with Crippen LogP contribution < -0.4 is 5.32 Å². The zero-order valence-corrected chi connectivity index (χ0v) is 8.21. The van der Waals surface area contributed by atoms with Gasteiger partial charge in [-0.2, -0.15) is 0 Å². The van der Waals surface area contributed by atoms with E-state index in [1.54, 1.807) is 0 Å². The molecule has 0 spiro atoms. The Morgan fingerprint density at radius 2 is 2.23 bits per heavy atom. The average Bonchev–Trinajstić information content (AvgIpc) is 2.59. The minimum Gasteiger partial charge on any atom is -0.497 e. The van der Waals surface area contributed by atoms with Crippen molar-refractivity contribution in [3.05, 3.63) is 12.3 Å². The Morgan fingerprint density at radius 1 is 1.62 bits per heavy atom. The van der Waals surface area contributed by atoms with Crippen LogP contribution in [0.5, 0.6) is 0 Å². The van der Waals surface area contributed by atoms with Gasteiger partial charge in [0.1, 0.15) is 11.8 Å². The van der Waals surface area contributed by atoms with Crippen LogP contribution in [0.3, 0.4) is 0 Å². The molecule has 0 bridgehead atoms. The Bertz CT molecular complexity index is 166. The summed E-state index contributed by atoms with van der Waals surface area (Å²) in [6.07, 6.45) is -0.260. The first kappa shape index (κ1) is 10.5. The molecule has 1 fully saturated rings. The molecule has 0 amide bonds. The summed E-state index contributed by atoms with van der Waals surface area (Å²) in [5, 5.41) is 3.05. The predicted octanol–water partition coefficient (Wildman–Crippen LogP) is 0.497. The van der Waals surface area contributed by atoms with Gasteiger partial charge in [-0.1, -0.05) is 6.58 Å². The van der Waals surface area contributed by atoms with Crippen molar-refractivity contribution in [2.75, 3.05) is 26.9 Å². The van der Waals surface area contributed by atoms with Crippen molar-refractivity contribution >= 4 is 0 Å².